The van der Waals surface area contributed by atoms with Crippen LogP contribution in [-0.4, -0.2) is 26.6 Å². The molecule has 1 rings (SSSR count). The van der Waals surface area contributed by atoms with Crippen LogP contribution in [0.4, 0.5) is 11.4 Å². The van der Waals surface area contributed by atoms with Gasteiger partial charge in [0.05, 0.1) is 28.6 Å². The lowest BCUT2D eigenvalue weighted by Crippen LogP contribution is -2.34. The van der Waals surface area contributed by atoms with Gasteiger partial charge in [-0.2, -0.15) is 0 Å². The van der Waals surface area contributed by atoms with Crippen LogP contribution in [0, 0.1) is 5.92 Å². The minimum atomic E-state index is -3.39. The summed E-state index contributed by atoms with van der Waals surface area (Å²) < 4.78 is 24.6. The number of carbonyl (C=O) groups is 1. The summed E-state index contributed by atoms with van der Waals surface area (Å²) in [5.41, 5.74) is 6.31. The number of carbonyl (C=O) groups excluding carboxylic acids is 1. The Labute approximate surface area is 123 Å². The second kappa shape index (κ2) is 6.43. The molecule has 0 radical (unpaired) electrons. The molecule has 4 N–H and O–H groups in total. The molecule has 0 heterocycles. The molecule has 0 saturated heterocycles. The highest BCUT2D eigenvalue weighted by Gasteiger charge is 2.18. The summed E-state index contributed by atoms with van der Waals surface area (Å²) in [6, 6.07) is 4.16. The highest BCUT2D eigenvalue weighted by Crippen LogP contribution is 2.26. The molecular formula is C12H18ClN3O3S. The molecule has 0 spiro atoms. The van der Waals surface area contributed by atoms with Gasteiger partial charge in [0.2, 0.25) is 15.9 Å². The third kappa shape index (κ3) is 4.99. The number of rotatable bonds is 5. The minimum Gasteiger partial charge on any atom is -0.327 e. The Morgan fingerprint density at radius 3 is 2.45 bits per heavy atom. The standard InChI is InChI=1S/C12H18ClN3O3S/c1-7(8(2)14)12(17)15-11-6-9(4-5-10(11)13)16-20(3,18)19/h4-8,16H,14H2,1-3H3,(H,15,17). The lowest BCUT2D eigenvalue weighted by Gasteiger charge is -2.16. The second-order valence-electron chi connectivity index (χ2n) is 4.71. The molecule has 8 heteroatoms. The Morgan fingerprint density at radius 2 is 1.95 bits per heavy atom. The van der Waals surface area contributed by atoms with Crippen LogP contribution in [0.25, 0.3) is 0 Å². The van der Waals surface area contributed by atoms with Crippen molar-refractivity contribution in [3.05, 3.63) is 23.2 Å². The van der Waals surface area contributed by atoms with Gasteiger partial charge in [-0.1, -0.05) is 18.5 Å². The van der Waals surface area contributed by atoms with Crippen molar-refractivity contribution in [1.29, 1.82) is 0 Å². The summed E-state index contributed by atoms with van der Waals surface area (Å²) in [7, 11) is -3.39. The van der Waals surface area contributed by atoms with E-state index in [0.717, 1.165) is 6.26 Å². The maximum Gasteiger partial charge on any atom is 0.229 e. The molecular weight excluding hydrogens is 302 g/mol. The Balaban J connectivity index is 2.95. The monoisotopic (exact) mass is 319 g/mol. The van der Waals surface area contributed by atoms with Crippen molar-refractivity contribution < 1.29 is 13.2 Å². The normalized spacial score (nSPS) is 14.4. The second-order valence-corrected chi connectivity index (χ2v) is 6.86. The largest absolute Gasteiger partial charge is 0.327 e. The Bertz CT molecular complexity index is 602. The van der Waals surface area contributed by atoms with Crippen LogP contribution in [0.15, 0.2) is 18.2 Å². The highest BCUT2D eigenvalue weighted by atomic mass is 35.5. The molecule has 1 aromatic carbocycles. The predicted octanol–water partition coefficient (Wildman–Crippen LogP) is 1.63. The molecule has 0 aliphatic heterocycles. The van der Waals surface area contributed by atoms with Crippen LogP contribution in [0.3, 0.4) is 0 Å². The number of halogens is 1. The molecule has 0 aromatic heterocycles. The SMILES string of the molecule is CC(N)C(C)C(=O)Nc1cc(NS(C)(=O)=O)ccc1Cl. The van der Waals surface area contributed by atoms with E-state index in [1.165, 1.54) is 18.2 Å². The van der Waals surface area contributed by atoms with Gasteiger partial charge in [0.1, 0.15) is 0 Å². The molecule has 20 heavy (non-hydrogen) atoms. The first-order valence-electron chi connectivity index (χ1n) is 5.94. The molecule has 0 aliphatic carbocycles. The highest BCUT2D eigenvalue weighted by molar-refractivity contribution is 7.92. The van der Waals surface area contributed by atoms with Crippen molar-refractivity contribution >= 4 is 38.9 Å². The minimum absolute atomic E-state index is 0.279. The zero-order chi connectivity index (χ0) is 15.5. The number of nitrogens with two attached hydrogens (primary N) is 1. The molecule has 0 aliphatic rings. The van der Waals surface area contributed by atoms with Crippen LogP contribution in [0.1, 0.15) is 13.8 Å². The maximum atomic E-state index is 11.9. The fraction of sp³-hybridized carbons (Fsp3) is 0.417. The Hall–Kier alpha value is -1.31. The summed E-state index contributed by atoms with van der Waals surface area (Å²) in [6.07, 6.45) is 1.04. The van der Waals surface area contributed by atoms with E-state index >= 15 is 0 Å². The number of amides is 1. The molecule has 1 amide bonds. The molecule has 112 valence electrons. The van der Waals surface area contributed by atoms with Gasteiger partial charge in [-0.25, -0.2) is 8.42 Å². The summed E-state index contributed by atoms with van der Waals surface area (Å²) in [5, 5.41) is 2.95. The average molecular weight is 320 g/mol. The van der Waals surface area contributed by atoms with E-state index in [9.17, 15) is 13.2 Å². The number of benzene rings is 1. The number of anilines is 2. The van der Waals surface area contributed by atoms with Crippen molar-refractivity contribution in [2.45, 2.75) is 19.9 Å². The van der Waals surface area contributed by atoms with Gasteiger partial charge < -0.3 is 11.1 Å². The van der Waals surface area contributed by atoms with Gasteiger partial charge >= 0.3 is 0 Å². The fourth-order valence-electron chi connectivity index (χ4n) is 1.38. The molecule has 6 nitrogen and oxygen atoms in total. The fourth-order valence-corrected chi connectivity index (χ4v) is 2.10. The number of nitrogens with one attached hydrogen (secondary N) is 2. The van der Waals surface area contributed by atoms with E-state index < -0.39 is 15.9 Å². The van der Waals surface area contributed by atoms with Gasteiger partial charge in [0.25, 0.3) is 0 Å². The summed E-state index contributed by atoms with van der Waals surface area (Å²) >= 11 is 5.97. The molecule has 2 unspecified atom stereocenters. The summed E-state index contributed by atoms with van der Waals surface area (Å²) in [6.45, 7) is 3.43. The van der Waals surface area contributed by atoms with Crippen molar-refractivity contribution in [3.8, 4) is 0 Å². The van der Waals surface area contributed by atoms with E-state index in [2.05, 4.69) is 10.0 Å². The lowest BCUT2D eigenvalue weighted by molar-refractivity contribution is -0.119. The molecule has 2 atom stereocenters. The molecule has 1 aromatic rings. The number of hydrogen-bond acceptors (Lipinski definition) is 4. The van der Waals surface area contributed by atoms with E-state index in [1.807, 2.05) is 0 Å². The predicted molar refractivity (Wildman–Crippen MR) is 81.4 cm³/mol. The molecule has 0 bridgehead atoms. The smallest absolute Gasteiger partial charge is 0.229 e. The van der Waals surface area contributed by atoms with Gasteiger partial charge in [0.15, 0.2) is 0 Å². The first-order chi connectivity index (χ1) is 9.10. The third-order valence-electron chi connectivity index (χ3n) is 2.73. The van der Waals surface area contributed by atoms with Gasteiger partial charge in [-0.3, -0.25) is 9.52 Å². The zero-order valence-corrected chi connectivity index (χ0v) is 13.0. The van der Waals surface area contributed by atoms with Crippen molar-refractivity contribution in [2.75, 3.05) is 16.3 Å². The van der Waals surface area contributed by atoms with E-state index in [1.54, 1.807) is 13.8 Å². The quantitative estimate of drug-likeness (QED) is 0.767. The van der Waals surface area contributed by atoms with Crippen LogP contribution in [0.5, 0.6) is 0 Å². The van der Waals surface area contributed by atoms with Crippen LogP contribution < -0.4 is 15.8 Å². The Kier molecular flexibility index (Phi) is 5.38. The van der Waals surface area contributed by atoms with Crippen molar-refractivity contribution in [2.24, 2.45) is 11.7 Å². The lowest BCUT2D eigenvalue weighted by atomic mass is 10.0. The summed E-state index contributed by atoms with van der Waals surface area (Å²) in [4.78, 5) is 11.9. The van der Waals surface area contributed by atoms with Gasteiger partial charge in [0, 0.05) is 6.04 Å². The maximum absolute atomic E-state index is 11.9. The first-order valence-corrected chi connectivity index (χ1v) is 8.21. The van der Waals surface area contributed by atoms with E-state index in [4.69, 9.17) is 17.3 Å². The topological polar surface area (TPSA) is 101 Å². The van der Waals surface area contributed by atoms with Crippen molar-refractivity contribution in [1.82, 2.24) is 0 Å². The summed E-state index contributed by atoms with van der Waals surface area (Å²) in [5.74, 6) is -0.670. The number of hydrogen-bond donors (Lipinski definition) is 3. The third-order valence-corrected chi connectivity index (χ3v) is 3.67. The van der Waals surface area contributed by atoms with E-state index in [0.29, 0.717) is 16.4 Å². The van der Waals surface area contributed by atoms with Crippen molar-refractivity contribution in [3.63, 3.8) is 0 Å². The first kappa shape index (κ1) is 16.7. The van der Waals surface area contributed by atoms with Crippen LogP contribution in [-0.2, 0) is 14.8 Å². The zero-order valence-electron chi connectivity index (χ0n) is 11.5. The van der Waals surface area contributed by atoms with Crippen LogP contribution in [0.2, 0.25) is 5.02 Å². The van der Waals surface area contributed by atoms with Gasteiger partial charge in [-0.15, -0.1) is 0 Å². The average Bonchev–Trinajstić information content (AvgIpc) is 2.30. The molecule has 0 fully saturated rings. The van der Waals surface area contributed by atoms with Crippen LogP contribution >= 0.6 is 11.6 Å². The van der Waals surface area contributed by atoms with Gasteiger partial charge in [-0.05, 0) is 25.1 Å². The molecule has 0 saturated carbocycles. The Morgan fingerprint density at radius 1 is 1.35 bits per heavy atom. The number of sulfonamides is 1. The van der Waals surface area contributed by atoms with E-state index in [-0.39, 0.29) is 11.9 Å².